The average molecular weight is 514 g/mol. The summed E-state index contributed by atoms with van der Waals surface area (Å²) in [4.78, 5) is 26.6. The molecule has 4 rings (SSSR count). The number of likely N-dealkylation sites (tertiary alicyclic amines) is 1. The molecule has 1 saturated heterocycles. The molecule has 0 bridgehead atoms. The van der Waals surface area contributed by atoms with Crippen LogP contribution in [0.5, 0.6) is 5.75 Å². The number of anilines is 1. The Hall–Kier alpha value is -4.51. The normalized spacial score (nSPS) is 14.9. The van der Waals surface area contributed by atoms with Crippen LogP contribution < -0.4 is 10.1 Å². The van der Waals surface area contributed by atoms with Crippen LogP contribution in [-0.4, -0.2) is 41.9 Å². The summed E-state index contributed by atoms with van der Waals surface area (Å²) in [5.41, 5.74) is 2.82. The van der Waals surface area contributed by atoms with Crippen LogP contribution in [0.2, 0.25) is 0 Å². The Balaban J connectivity index is 1.50. The van der Waals surface area contributed by atoms with Gasteiger partial charge in [0.25, 0.3) is 0 Å². The highest BCUT2D eigenvalue weighted by atomic mass is 16.6. The number of hydrogen-bond acceptors (Lipinski definition) is 6. The molecule has 1 aliphatic rings. The van der Waals surface area contributed by atoms with E-state index >= 15 is 0 Å². The molecule has 1 fully saturated rings. The first-order chi connectivity index (χ1) is 18.2. The van der Waals surface area contributed by atoms with E-state index in [1.165, 1.54) is 0 Å². The van der Waals surface area contributed by atoms with Gasteiger partial charge < -0.3 is 19.1 Å². The second-order valence-electron chi connectivity index (χ2n) is 10.0. The fourth-order valence-electron chi connectivity index (χ4n) is 4.07. The third-order valence-corrected chi connectivity index (χ3v) is 5.83. The van der Waals surface area contributed by atoms with E-state index in [-0.39, 0.29) is 18.8 Å². The minimum absolute atomic E-state index is 0.154. The monoisotopic (exact) mass is 513 g/mol. The van der Waals surface area contributed by atoms with Crippen molar-refractivity contribution in [1.82, 2.24) is 4.90 Å². The highest BCUT2D eigenvalue weighted by molar-refractivity contribution is 5.87. The third kappa shape index (κ3) is 7.26. The molecule has 0 aromatic heterocycles. The van der Waals surface area contributed by atoms with Gasteiger partial charge in [-0.3, -0.25) is 5.32 Å². The van der Waals surface area contributed by atoms with Gasteiger partial charge in [-0.25, -0.2) is 9.59 Å². The van der Waals surface area contributed by atoms with Gasteiger partial charge in [-0.15, -0.1) is 0 Å². The predicted molar refractivity (Wildman–Crippen MR) is 144 cm³/mol. The Bertz CT molecular complexity index is 1330. The summed E-state index contributed by atoms with van der Waals surface area (Å²) in [5.74, 6) is 0.583. The lowest BCUT2D eigenvalue weighted by molar-refractivity contribution is 0.0276. The van der Waals surface area contributed by atoms with Gasteiger partial charge in [0.05, 0.1) is 18.2 Å². The molecule has 3 aromatic rings. The van der Waals surface area contributed by atoms with E-state index in [4.69, 9.17) is 14.2 Å². The lowest BCUT2D eigenvalue weighted by atomic mass is 10.0. The summed E-state index contributed by atoms with van der Waals surface area (Å²) in [7, 11) is 0. The topological polar surface area (TPSA) is 101 Å². The Morgan fingerprint density at radius 3 is 2.58 bits per heavy atom. The first kappa shape index (κ1) is 26.6. The molecule has 196 valence electrons. The summed E-state index contributed by atoms with van der Waals surface area (Å²) in [5, 5.41) is 12.2. The van der Waals surface area contributed by atoms with Gasteiger partial charge in [-0.2, -0.15) is 5.26 Å². The van der Waals surface area contributed by atoms with Crippen LogP contribution in [0, 0.1) is 11.3 Å². The van der Waals surface area contributed by atoms with Crippen molar-refractivity contribution < 1.29 is 23.8 Å². The Kier molecular flexibility index (Phi) is 8.17. The number of nitrogens with one attached hydrogen (secondary N) is 1. The molecule has 1 heterocycles. The first-order valence-electron chi connectivity index (χ1n) is 12.5. The van der Waals surface area contributed by atoms with Crippen molar-refractivity contribution >= 4 is 17.9 Å². The molecule has 38 heavy (non-hydrogen) atoms. The molecule has 2 amide bonds. The van der Waals surface area contributed by atoms with E-state index in [9.17, 15) is 14.9 Å². The van der Waals surface area contributed by atoms with Gasteiger partial charge in [0.15, 0.2) is 0 Å². The number of ether oxygens (including phenoxy) is 3. The van der Waals surface area contributed by atoms with Crippen molar-refractivity contribution in [3.05, 3.63) is 83.9 Å². The van der Waals surface area contributed by atoms with Crippen molar-refractivity contribution in [3.63, 3.8) is 0 Å². The van der Waals surface area contributed by atoms with Gasteiger partial charge in [0.2, 0.25) is 0 Å². The standard InChI is InChI=1S/C30H31N3O5/c1-30(2,3)38-29(35)33-15-14-25(19-33)37-27-13-12-24(17-26(27)23-11-7-10-22(16-23)18-31)32-28(34)36-20-21-8-5-4-6-9-21/h4-13,16-17,25H,14-15,19-20H2,1-3H3,(H,32,34)/t25-/m1/s1. The molecule has 1 aliphatic heterocycles. The van der Waals surface area contributed by atoms with E-state index in [0.29, 0.717) is 42.1 Å². The third-order valence-electron chi connectivity index (χ3n) is 5.83. The molecule has 3 aromatic carbocycles. The van der Waals surface area contributed by atoms with Gasteiger partial charge in [-0.05, 0) is 62.2 Å². The average Bonchev–Trinajstić information content (AvgIpc) is 3.37. The lowest BCUT2D eigenvalue weighted by Gasteiger charge is -2.24. The highest BCUT2D eigenvalue weighted by Gasteiger charge is 2.31. The van der Waals surface area contributed by atoms with E-state index in [2.05, 4.69) is 11.4 Å². The van der Waals surface area contributed by atoms with Crippen LogP contribution in [0.15, 0.2) is 72.8 Å². The van der Waals surface area contributed by atoms with Crippen LogP contribution in [0.4, 0.5) is 15.3 Å². The molecule has 0 saturated carbocycles. The second kappa shape index (κ2) is 11.7. The zero-order valence-corrected chi connectivity index (χ0v) is 21.8. The summed E-state index contributed by atoms with van der Waals surface area (Å²) in [6.45, 7) is 6.60. The summed E-state index contributed by atoms with van der Waals surface area (Å²) in [6.07, 6.45) is -0.514. The van der Waals surface area contributed by atoms with Crippen LogP contribution in [0.3, 0.4) is 0 Å². The smallest absolute Gasteiger partial charge is 0.411 e. The van der Waals surface area contributed by atoms with Gasteiger partial charge >= 0.3 is 12.2 Å². The number of nitrogens with zero attached hydrogens (tertiary/aromatic N) is 2. The van der Waals surface area contributed by atoms with Crippen LogP contribution in [0.1, 0.15) is 38.3 Å². The SMILES string of the molecule is CC(C)(C)OC(=O)N1CC[C@@H](Oc2ccc(NC(=O)OCc3ccccc3)cc2-c2cccc(C#N)c2)C1. The van der Waals surface area contributed by atoms with Gasteiger partial charge in [-0.1, -0.05) is 42.5 Å². The van der Waals surface area contributed by atoms with Crippen molar-refractivity contribution in [2.45, 2.75) is 45.5 Å². The number of rotatable bonds is 6. The minimum atomic E-state index is -0.581. The van der Waals surface area contributed by atoms with Gasteiger partial charge in [0, 0.05) is 24.2 Å². The molecule has 0 radical (unpaired) electrons. The molecule has 1 N–H and O–H groups in total. The van der Waals surface area contributed by atoms with Crippen molar-refractivity contribution in [3.8, 4) is 22.9 Å². The Morgan fingerprint density at radius 1 is 1.05 bits per heavy atom. The summed E-state index contributed by atoms with van der Waals surface area (Å²) >= 11 is 0. The fraction of sp³-hybridized carbons (Fsp3) is 0.300. The van der Waals surface area contributed by atoms with E-state index in [0.717, 1.165) is 11.1 Å². The number of nitriles is 1. The minimum Gasteiger partial charge on any atom is -0.488 e. The van der Waals surface area contributed by atoms with Crippen LogP contribution >= 0.6 is 0 Å². The molecule has 0 spiro atoms. The van der Waals surface area contributed by atoms with E-state index in [1.807, 2.05) is 57.2 Å². The maximum absolute atomic E-state index is 12.5. The van der Waals surface area contributed by atoms with Crippen LogP contribution in [0.25, 0.3) is 11.1 Å². The van der Waals surface area contributed by atoms with Crippen molar-refractivity contribution in [2.75, 3.05) is 18.4 Å². The molecular formula is C30H31N3O5. The number of benzene rings is 3. The quantitative estimate of drug-likeness (QED) is 0.411. The maximum Gasteiger partial charge on any atom is 0.411 e. The van der Waals surface area contributed by atoms with Crippen molar-refractivity contribution in [2.24, 2.45) is 0 Å². The molecule has 0 aliphatic carbocycles. The largest absolute Gasteiger partial charge is 0.488 e. The Labute approximate surface area is 222 Å². The lowest BCUT2D eigenvalue weighted by Crippen LogP contribution is -2.36. The predicted octanol–water partition coefficient (Wildman–Crippen LogP) is 6.36. The second-order valence-corrected chi connectivity index (χ2v) is 10.0. The molecule has 0 unspecified atom stereocenters. The molecule has 8 heteroatoms. The maximum atomic E-state index is 12.5. The van der Waals surface area contributed by atoms with E-state index < -0.39 is 11.7 Å². The number of hydrogen-bond donors (Lipinski definition) is 1. The van der Waals surface area contributed by atoms with Gasteiger partial charge in [0.1, 0.15) is 24.1 Å². The van der Waals surface area contributed by atoms with Crippen LogP contribution in [-0.2, 0) is 16.1 Å². The zero-order valence-electron chi connectivity index (χ0n) is 21.8. The number of carbonyl (C=O) groups is 2. The molecular weight excluding hydrogens is 482 g/mol. The van der Waals surface area contributed by atoms with Crippen molar-refractivity contribution in [1.29, 1.82) is 5.26 Å². The summed E-state index contributed by atoms with van der Waals surface area (Å²) < 4.78 is 17.2. The number of amides is 2. The first-order valence-corrected chi connectivity index (χ1v) is 12.5. The Morgan fingerprint density at radius 2 is 1.84 bits per heavy atom. The highest BCUT2D eigenvalue weighted by Crippen LogP contribution is 2.35. The number of carbonyl (C=O) groups excluding carboxylic acids is 2. The zero-order chi connectivity index (χ0) is 27.1. The molecule has 8 nitrogen and oxygen atoms in total. The van der Waals surface area contributed by atoms with E-state index in [1.54, 1.807) is 41.3 Å². The molecule has 1 atom stereocenters. The summed E-state index contributed by atoms with van der Waals surface area (Å²) in [6, 6.07) is 24.0. The fourth-order valence-corrected chi connectivity index (χ4v) is 4.07.